The maximum atomic E-state index is 13.0. The smallest absolute Gasteiger partial charge is 0.349 e. The van der Waals surface area contributed by atoms with Gasteiger partial charge in [-0.2, -0.15) is 0 Å². The van der Waals surface area contributed by atoms with Crippen LogP contribution in [-0.2, 0) is 0 Å². The molecule has 0 saturated heterocycles. The van der Waals surface area contributed by atoms with Crippen LogP contribution >= 0.6 is 11.8 Å². The van der Waals surface area contributed by atoms with Gasteiger partial charge in [0.1, 0.15) is 16.9 Å². The summed E-state index contributed by atoms with van der Waals surface area (Å²) < 4.78 is 5.54. The lowest BCUT2D eigenvalue weighted by atomic mass is 10.00. The standard InChI is InChI=1S/C26H18N2O3S/c29-25-16-8-2-5-11-21(16)31-26(30)24(25)20-13-23(32-22-12-6-4-10-19(22)28-20)17-14-27-18-9-3-1-7-15(17)18/h1-12,14,23,27,29H,13H2. The lowest BCUT2D eigenvalue weighted by molar-refractivity contribution is 0.466. The van der Waals surface area contributed by atoms with E-state index in [-0.39, 0.29) is 16.6 Å². The van der Waals surface area contributed by atoms with Crippen LogP contribution in [0.3, 0.4) is 0 Å². The van der Waals surface area contributed by atoms with Gasteiger partial charge in [-0.1, -0.05) is 42.5 Å². The van der Waals surface area contributed by atoms with Crippen LogP contribution in [0.2, 0.25) is 0 Å². The van der Waals surface area contributed by atoms with Crippen LogP contribution in [0.5, 0.6) is 5.75 Å². The first-order valence-electron chi connectivity index (χ1n) is 10.3. The SMILES string of the molecule is O=c1oc2ccccc2c(O)c1C1=Nc2ccccc2SC(c2c[nH]c3ccccc23)C1. The van der Waals surface area contributed by atoms with E-state index in [2.05, 4.69) is 11.1 Å². The lowest BCUT2D eigenvalue weighted by Crippen LogP contribution is -2.16. The van der Waals surface area contributed by atoms with E-state index < -0.39 is 5.63 Å². The number of nitrogens with one attached hydrogen (secondary N) is 1. The normalized spacial score (nSPS) is 16.0. The third-order valence-corrected chi connectivity index (χ3v) is 7.12. The average molecular weight is 439 g/mol. The van der Waals surface area contributed by atoms with Crippen molar-refractivity contribution in [3.63, 3.8) is 0 Å². The molecule has 5 nitrogen and oxygen atoms in total. The number of aromatic nitrogens is 1. The number of aliphatic imine (C=N–C) groups is 1. The van der Waals surface area contributed by atoms with Crippen molar-refractivity contribution >= 4 is 45.0 Å². The summed E-state index contributed by atoms with van der Waals surface area (Å²) in [5.74, 6) is -0.0855. The minimum Gasteiger partial charge on any atom is -0.506 e. The second-order valence-electron chi connectivity index (χ2n) is 7.74. The van der Waals surface area contributed by atoms with Crippen molar-refractivity contribution in [2.45, 2.75) is 16.6 Å². The molecule has 0 fully saturated rings. The van der Waals surface area contributed by atoms with Crippen LogP contribution in [-0.4, -0.2) is 15.8 Å². The molecule has 0 bridgehead atoms. The van der Waals surface area contributed by atoms with Crippen LogP contribution in [0.1, 0.15) is 22.8 Å². The fraction of sp³-hybridized carbons (Fsp3) is 0.0769. The third kappa shape index (κ3) is 3.03. The Labute approximate surface area is 187 Å². The minimum atomic E-state index is -0.581. The average Bonchev–Trinajstić information content (AvgIpc) is 3.14. The Morgan fingerprint density at radius 3 is 2.62 bits per heavy atom. The largest absolute Gasteiger partial charge is 0.506 e. The molecule has 6 heteroatoms. The zero-order chi connectivity index (χ0) is 21.7. The number of H-pyrrole nitrogens is 1. The van der Waals surface area contributed by atoms with E-state index in [1.165, 1.54) is 0 Å². The number of aromatic amines is 1. The van der Waals surface area contributed by atoms with Gasteiger partial charge in [-0.3, -0.25) is 4.99 Å². The quantitative estimate of drug-likeness (QED) is 0.315. The van der Waals surface area contributed by atoms with Crippen molar-refractivity contribution in [3.8, 4) is 5.75 Å². The summed E-state index contributed by atoms with van der Waals surface area (Å²) in [7, 11) is 0. The highest BCUT2D eigenvalue weighted by Gasteiger charge is 2.28. The van der Waals surface area contributed by atoms with E-state index in [0.29, 0.717) is 23.1 Å². The molecule has 0 spiro atoms. The molecule has 32 heavy (non-hydrogen) atoms. The summed E-state index contributed by atoms with van der Waals surface area (Å²) in [5.41, 5.74) is 3.41. The number of thioether (sulfide) groups is 1. The first kappa shape index (κ1) is 19.0. The molecule has 0 amide bonds. The number of hydrogen-bond donors (Lipinski definition) is 2. The zero-order valence-corrected chi connectivity index (χ0v) is 17.7. The molecule has 3 aromatic carbocycles. The van der Waals surface area contributed by atoms with Crippen molar-refractivity contribution < 1.29 is 9.52 Å². The number of benzene rings is 3. The molecule has 3 heterocycles. The van der Waals surface area contributed by atoms with Crippen LogP contribution in [0, 0.1) is 0 Å². The Kier molecular flexibility index (Phi) is 4.40. The Hall–Kier alpha value is -3.77. The van der Waals surface area contributed by atoms with Crippen molar-refractivity contribution in [2.75, 3.05) is 0 Å². The molecule has 6 rings (SSSR count). The molecule has 1 unspecified atom stereocenters. The third-order valence-electron chi connectivity index (χ3n) is 5.81. The molecule has 1 aliphatic rings. The number of para-hydroxylation sites is 3. The van der Waals surface area contributed by atoms with Gasteiger partial charge in [0.05, 0.1) is 16.8 Å². The Morgan fingerprint density at radius 2 is 1.72 bits per heavy atom. The summed E-state index contributed by atoms with van der Waals surface area (Å²) >= 11 is 1.72. The summed E-state index contributed by atoms with van der Waals surface area (Å²) in [6.45, 7) is 0. The number of nitrogens with zero attached hydrogens (tertiary/aromatic N) is 1. The second-order valence-corrected chi connectivity index (χ2v) is 8.98. The first-order chi connectivity index (χ1) is 15.7. The van der Waals surface area contributed by atoms with E-state index >= 15 is 0 Å². The Balaban J connectivity index is 1.57. The van der Waals surface area contributed by atoms with E-state index in [1.54, 1.807) is 36.0 Å². The highest BCUT2D eigenvalue weighted by atomic mass is 32.2. The molecular weight excluding hydrogens is 420 g/mol. The van der Waals surface area contributed by atoms with E-state index in [4.69, 9.17) is 9.41 Å². The molecule has 5 aromatic rings. The molecule has 2 aromatic heterocycles. The molecule has 1 aliphatic heterocycles. The number of aromatic hydroxyl groups is 1. The van der Waals surface area contributed by atoms with Gasteiger partial charge < -0.3 is 14.5 Å². The van der Waals surface area contributed by atoms with E-state index in [1.807, 2.05) is 48.7 Å². The van der Waals surface area contributed by atoms with E-state index in [0.717, 1.165) is 27.0 Å². The second kappa shape index (κ2) is 7.43. The number of fused-ring (bicyclic) bond motifs is 3. The van der Waals surface area contributed by atoms with Gasteiger partial charge in [-0.05, 0) is 35.9 Å². The van der Waals surface area contributed by atoms with Gasteiger partial charge >= 0.3 is 5.63 Å². The maximum Gasteiger partial charge on any atom is 0.349 e. The topological polar surface area (TPSA) is 78.6 Å². The summed E-state index contributed by atoms with van der Waals surface area (Å²) in [6.07, 6.45) is 2.49. The van der Waals surface area contributed by atoms with Gasteiger partial charge in [-0.15, -0.1) is 11.8 Å². The van der Waals surface area contributed by atoms with Crippen molar-refractivity contribution in [3.05, 3.63) is 101 Å². The van der Waals surface area contributed by atoms with Crippen LogP contribution in [0.15, 0.2) is 98.1 Å². The molecular formula is C26H18N2O3S. The summed E-state index contributed by atoms with van der Waals surface area (Å²) in [5, 5.41) is 12.7. The fourth-order valence-corrected chi connectivity index (χ4v) is 5.55. The molecule has 2 N–H and O–H groups in total. The molecule has 0 radical (unpaired) electrons. The van der Waals surface area contributed by atoms with Gasteiger partial charge in [-0.25, -0.2) is 4.79 Å². The highest BCUT2D eigenvalue weighted by Crippen LogP contribution is 2.47. The van der Waals surface area contributed by atoms with Gasteiger partial charge in [0, 0.05) is 33.7 Å². The lowest BCUT2D eigenvalue weighted by Gasteiger charge is -2.15. The first-order valence-corrected chi connectivity index (χ1v) is 11.2. The van der Waals surface area contributed by atoms with Gasteiger partial charge in [0.25, 0.3) is 0 Å². The van der Waals surface area contributed by atoms with Crippen molar-refractivity contribution in [1.29, 1.82) is 0 Å². The fourth-order valence-electron chi connectivity index (χ4n) is 4.29. The number of hydrogen-bond acceptors (Lipinski definition) is 5. The maximum absolute atomic E-state index is 13.0. The summed E-state index contributed by atoms with van der Waals surface area (Å²) in [6, 6.07) is 23.0. The van der Waals surface area contributed by atoms with Crippen LogP contribution in [0.4, 0.5) is 5.69 Å². The Morgan fingerprint density at radius 1 is 0.969 bits per heavy atom. The molecule has 0 aliphatic carbocycles. The monoisotopic (exact) mass is 438 g/mol. The number of rotatable bonds is 2. The Bertz CT molecular complexity index is 1580. The van der Waals surface area contributed by atoms with Gasteiger partial charge in [0.2, 0.25) is 0 Å². The van der Waals surface area contributed by atoms with Gasteiger partial charge in [0.15, 0.2) is 0 Å². The van der Waals surface area contributed by atoms with E-state index in [9.17, 15) is 9.90 Å². The molecule has 1 atom stereocenters. The predicted octanol–water partition coefficient (Wildman–Crippen LogP) is 6.34. The summed E-state index contributed by atoms with van der Waals surface area (Å²) in [4.78, 5) is 22.2. The minimum absolute atomic E-state index is 0.00109. The van der Waals surface area contributed by atoms with Crippen LogP contribution in [0.25, 0.3) is 21.9 Å². The van der Waals surface area contributed by atoms with Crippen molar-refractivity contribution in [1.82, 2.24) is 4.98 Å². The molecule has 156 valence electrons. The van der Waals surface area contributed by atoms with Crippen molar-refractivity contribution in [2.24, 2.45) is 4.99 Å². The molecule has 0 saturated carbocycles. The van der Waals surface area contributed by atoms with Crippen LogP contribution < -0.4 is 5.63 Å². The highest BCUT2D eigenvalue weighted by molar-refractivity contribution is 7.99. The zero-order valence-electron chi connectivity index (χ0n) is 16.9. The predicted molar refractivity (Wildman–Crippen MR) is 128 cm³/mol.